The second-order valence-electron chi connectivity index (χ2n) is 6.90. The van der Waals surface area contributed by atoms with Crippen LogP contribution in [0.2, 0.25) is 0 Å². The SMILES string of the molecule is N#Cc1ccc(OC2c3ccccc3C[C@H]2N2CC[C@H](N)C2)c(F)c1F. The number of halogens is 2. The molecular weight excluding hydrogens is 336 g/mol. The van der Waals surface area contributed by atoms with Gasteiger partial charge in [0.05, 0.1) is 11.6 Å². The largest absolute Gasteiger partial charge is 0.481 e. The highest BCUT2D eigenvalue weighted by Crippen LogP contribution is 2.39. The molecule has 4 rings (SSSR count). The zero-order valence-electron chi connectivity index (χ0n) is 14.2. The number of rotatable bonds is 3. The number of nitrogens with two attached hydrogens (primary N) is 1. The molecule has 134 valence electrons. The molecule has 26 heavy (non-hydrogen) atoms. The molecule has 0 radical (unpaired) electrons. The van der Waals surface area contributed by atoms with Crippen LogP contribution in [0.3, 0.4) is 0 Å². The monoisotopic (exact) mass is 355 g/mol. The molecule has 1 aliphatic carbocycles. The van der Waals surface area contributed by atoms with Crippen molar-refractivity contribution in [2.24, 2.45) is 5.73 Å². The van der Waals surface area contributed by atoms with E-state index in [0.29, 0.717) is 0 Å². The van der Waals surface area contributed by atoms with Crippen LogP contribution >= 0.6 is 0 Å². The van der Waals surface area contributed by atoms with E-state index < -0.39 is 17.7 Å². The molecular formula is C20H19F2N3O. The fourth-order valence-electron chi connectivity index (χ4n) is 3.96. The smallest absolute Gasteiger partial charge is 0.202 e. The summed E-state index contributed by atoms with van der Waals surface area (Å²) in [6, 6.07) is 12.3. The number of ether oxygens (including phenoxy) is 1. The molecule has 2 aromatic rings. The van der Waals surface area contributed by atoms with Crippen LogP contribution < -0.4 is 10.5 Å². The maximum absolute atomic E-state index is 14.4. The van der Waals surface area contributed by atoms with Crippen LogP contribution in [0.5, 0.6) is 5.75 Å². The van der Waals surface area contributed by atoms with E-state index >= 15 is 0 Å². The molecule has 3 atom stereocenters. The van der Waals surface area contributed by atoms with Gasteiger partial charge in [0.15, 0.2) is 11.6 Å². The first-order valence-electron chi connectivity index (χ1n) is 8.70. The van der Waals surface area contributed by atoms with Crippen molar-refractivity contribution in [1.29, 1.82) is 5.26 Å². The Morgan fingerprint density at radius 2 is 1.96 bits per heavy atom. The van der Waals surface area contributed by atoms with Crippen LogP contribution in [0.25, 0.3) is 0 Å². The highest BCUT2D eigenvalue weighted by atomic mass is 19.2. The van der Waals surface area contributed by atoms with Gasteiger partial charge in [-0.25, -0.2) is 4.39 Å². The molecule has 1 unspecified atom stereocenters. The topological polar surface area (TPSA) is 62.3 Å². The number of fused-ring (bicyclic) bond motifs is 1. The summed E-state index contributed by atoms with van der Waals surface area (Å²) in [7, 11) is 0. The molecule has 2 aliphatic rings. The lowest BCUT2D eigenvalue weighted by molar-refractivity contribution is 0.0891. The molecule has 6 heteroatoms. The summed E-state index contributed by atoms with van der Waals surface area (Å²) in [5.74, 6) is -2.46. The first-order valence-corrected chi connectivity index (χ1v) is 8.70. The normalized spacial score (nSPS) is 25.1. The number of hydrogen-bond acceptors (Lipinski definition) is 4. The Labute approximate surface area is 150 Å². The first-order chi connectivity index (χ1) is 12.6. The predicted molar refractivity (Wildman–Crippen MR) is 92.5 cm³/mol. The van der Waals surface area contributed by atoms with E-state index in [1.165, 1.54) is 12.1 Å². The van der Waals surface area contributed by atoms with Gasteiger partial charge in [-0.3, -0.25) is 4.90 Å². The summed E-state index contributed by atoms with van der Waals surface area (Å²) in [5.41, 5.74) is 7.86. The van der Waals surface area contributed by atoms with Crippen LogP contribution in [0.4, 0.5) is 8.78 Å². The lowest BCUT2D eigenvalue weighted by Crippen LogP contribution is -2.40. The minimum absolute atomic E-state index is 0.0269. The van der Waals surface area contributed by atoms with Gasteiger partial charge in [-0.05, 0) is 36.1 Å². The molecule has 0 aromatic heterocycles. The summed E-state index contributed by atoms with van der Waals surface area (Å²) in [6.45, 7) is 1.63. The minimum Gasteiger partial charge on any atom is -0.481 e. The number of nitriles is 1. The zero-order valence-corrected chi connectivity index (χ0v) is 14.2. The summed E-state index contributed by atoms with van der Waals surface area (Å²) < 4.78 is 34.3. The predicted octanol–water partition coefficient (Wildman–Crippen LogP) is 2.91. The second-order valence-corrected chi connectivity index (χ2v) is 6.90. The van der Waals surface area contributed by atoms with Crippen molar-refractivity contribution in [3.8, 4) is 11.8 Å². The molecule has 0 spiro atoms. The van der Waals surface area contributed by atoms with Gasteiger partial charge in [0, 0.05) is 19.1 Å². The van der Waals surface area contributed by atoms with E-state index in [4.69, 9.17) is 15.7 Å². The number of hydrogen-bond donors (Lipinski definition) is 1. The van der Waals surface area contributed by atoms with Crippen LogP contribution in [0, 0.1) is 23.0 Å². The van der Waals surface area contributed by atoms with Crippen molar-refractivity contribution >= 4 is 0 Å². The third-order valence-electron chi connectivity index (χ3n) is 5.29. The van der Waals surface area contributed by atoms with Gasteiger partial charge in [0.2, 0.25) is 5.82 Å². The highest BCUT2D eigenvalue weighted by molar-refractivity contribution is 5.41. The van der Waals surface area contributed by atoms with Gasteiger partial charge < -0.3 is 10.5 Å². The lowest BCUT2D eigenvalue weighted by atomic mass is 10.1. The van der Waals surface area contributed by atoms with E-state index in [0.717, 1.165) is 37.1 Å². The van der Waals surface area contributed by atoms with Gasteiger partial charge >= 0.3 is 0 Å². The maximum Gasteiger partial charge on any atom is 0.202 e. The average Bonchev–Trinajstić information content (AvgIpc) is 3.23. The molecule has 0 amide bonds. The van der Waals surface area contributed by atoms with Crippen molar-refractivity contribution in [2.75, 3.05) is 13.1 Å². The Hall–Kier alpha value is -2.49. The number of nitrogens with zero attached hydrogens (tertiary/aromatic N) is 2. The summed E-state index contributed by atoms with van der Waals surface area (Å²) in [4.78, 5) is 2.27. The van der Waals surface area contributed by atoms with Crippen molar-refractivity contribution < 1.29 is 13.5 Å². The Morgan fingerprint density at radius 3 is 2.69 bits per heavy atom. The molecule has 1 aliphatic heterocycles. The molecule has 2 N–H and O–H groups in total. The third-order valence-corrected chi connectivity index (χ3v) is 5.29. The quantitative estimate of drug-likeness (QED) is 0.920. The third kappa shape index (κ3) is 2.83. The van der Waals surface area contributed by atoms with Crippen LogP contribution in [-0.2, 0) is 6.42 Å². The summed E-state index contributed by atoms with van der Waals surface area (Å²) in [5, 5.41) is 8.84. The van der Waals surface area contributed by atoms with E-state index in [1.54, 1.807) is 6.07 Å². The fourth-order valence-corrected chi connectivity index (χ4v) is 3.96. The van der Waals surface area contributed by atoms with Gasteiger partial charge in [-0.2, -0.15) is 9.65 Å². The fraction of sp³-hybridized carbons (Fsp3) is 0.350. The molecule has 0 bridgehead atoms. The standard InChI is InChI=1S/C20H19F2N3O/c21-18-13(10-23)5-6-17(19(18)22)26-20-15-4-2-1-3-12(15)9-16(20)25-8-7-14(24)11-25/h1-6,14,16,20H,7-9,11,24H2/t14-,16+,20?/m0/s1. The Bertz CT molecular complexity index is 880. The highest BCUT2D eigenvalue weighted by Gasteiger charge is 2.40. The molecule has 2 aromatic carbocycles. The van der Waals surface area contributed by atoms with Crippen LogP contribution in [0.15, 0.2) is 36.4 Å². The van der Waals surface area contributed by atoms with Gasteiger partial charge in [0.25, 0.3) is 0 Å². The van der Waals surface area contributed by atoms with Crippen molar-refractivity contribution in [3.63, 3.8) is 0 Å². The van der Waals surface area contributed by atoms with Crippen LogP contribution in [0.1, 0.15) is 29.2 Å². The van der Waals surface area contributed by atoms with Gasteiger partial charge in [0.1, 0.15) is 12.2 Å². The van der Waals surface area contributed by atoms with Gasteiger partial charge in [-0.1, -0.05) is 24.3 Å². The number of likely N-dealkylation sites (tertiary alicyclic amines) is 1. The molecule has 1 heterocycles. The minimum atomic E-state index is -1.17. The van der Waals surface area contributed by atoms with Crippen molar-refractivity contribution in [1.82, 2.24) is 4.90 Å². The average molecular weight is 355 g/mol. The second kappa shape index (κ2) is 6.67. The molecule has 1 fully saturated rings. The Morgan fingerprint density at radius 1 is 1.15 bits per heavy atom. The molecule has 1 saturated heterocycles. The van der Waals surface area contributed by atoms with E-state index in [1.807, 2.05) is 24.3 Å². The molecule has 4 nitrogen and oxygen atoms in total. The molecule has 0 saturated carbocycles. The Balaban J connectivity index is 1.68. The van der Waals surface area contributed by atoms with Gasteiger partial charge in [-0.15, -0.1) is 0 Å². The lowest BCUT2D eigenvalue weighted by Gasteiger charge is -2.30. The first kappa shape index (κ1) is 17.0. The van der Waals surface area contributed by atoms with Crippen molar-refractivity contribution in [2.45, 2.75) is 31.0 Å². The van der Waals surface area contributed by atoms with E-state index in [-0.39, 0.29) is 23.4 Å². The maximum atomic E-state index is 14.4. The Kier molecular flexibility index (Phi) is 4.35. The van der Waals surface area contributed by atoms with E-state index in [2.05, 4.69) is 4.90 Å². The van der Waals surface area contributed by atoms with Crippen LogP contribution in [-0.4, -0.2) is 30.1 Å². The summed E-state index contributed by atoms with van der Waals surface area (Å²) in [6.07, 6.45) is 1.30. The summed E-state index contributed by atoms with van der Waals surface area (Å²) >= 11 is 0. The number of benzene rings is 2. The van der Waals surface area contributed by atoms with Crippen molar-refractivity contribution in [3.05, 3.63) is 64.7 Å². The van der Waals surface area contributed by atoms with E-state index in [9.17, 15) is 8.78 Å². The zero-order chi connectivity index (χ0) is 18.3.